The predicted molar refractivity (Wildman–Crippen MR) is 116 cm³/mol. The van der Waals surface area contributed by atoms with Gasteiger partial charge in [0.15, 0.2) is 0 Å². The summed E-state index contributed by atoms with van der Waals surface area (Å²) in [6.07, 6.45) is 1.93. The number of rotatable bonds is 10. The van der Waals surface area contributed by atoms with E-state index in [9.17, 15) is 23.3 Å². The Morgan fingerprint density at radius 2 is 1.79 bits per heavy atom. The Balaban J connectivity index is 1.72. The van der Waals surface area contributed by atoms with Crippen LogP contribution < -0.4 is 0 Å². The van der Waals surface area contributed by atoms with Crippen LogP contribution in [0.4, 0.5) is 5.69 Å². The Bertz CT molecular complexity index is 1220. The van der Waals surface area contributed by atoms with Crippen molar-refractivity contribution in [2.24, 2.45) is 0 Å². The number of aryl methyl sites for hydroxylation is 1. The minimum absolute atomic E-state index is 0.0109. The molecule has 1 unspecified atom stereocenters. The highest BCUT2D eigenvalue weighted by Crippen LogP contribution is 2.18. The molecule has 174 valence electrons. The fourth-order valence-electron chi connectivity index (χ4n) is 2.87. The predicted octanol–water partition coefficient (Wildman–Crippen LogP) is 2.60. The molecule has 0 aliphatic rings. The molecule has 0 spiro atoms. The fourth-order valence-corrected chi connectivity index (χ4v) is 3.81. The van der Waals surface area contributed by atoms with Gasteiger partial charge in [-0.1, -0.05) is 35.0 Å². The highest BCUT2D eigenvalue weighted by Gasteiger charge is 2.22. The van der Waals surface area contributed by atoms with Crippen LogP contribution >= 0.6 is 0 Å². The van der Waals surface area contributed by atoms with E-state index in [2.05, 4.69) is 10.3 Å². The van der Waals surface area contributed by atoms with Gasteiger partial charge in [-0.3, -0.25) is 19.1 Å². The lowest BCUT2D eigenvalue weighted by Crippen LogP contribution is -2.24. The van der Waals surface area contributed by atoms with Crippen LogP contribution in [0.15, 0.2) is 59.6 Å². The number of non-ortho nitro benzene ring substituents is 1. The van der Waals surface area contributed by atoms with Crippen LogP contribution in [0, 0.1) is 17.0 Å². The van der Waals surface area contributed by atoms with E-state index in [0.29, 0.717) is 12.1 Å². The second-order valence-corrected chi connectivity index (χ2v) is 8.91. The second-order valence-electron chi connectivity index (χ2n) is 7.30. The van der Waals surface area contributed by atoms with Crippen LogP contribution in [0.1, 0.15) is 29.8 Å². The number of hydrogen-bond donors (Lipinski definition) is 0. The van der Waals surface area contributed by atoms with Crippen molar-refractivity contribution in [3.63, 3.8) is 0 Å². The Hall–Kier alpha value is -3.64. The smallest absolute Gasteiger partial charge is 0.302 e. The van der Waals surface area contributed by atoms with E-state index in [1.807, 2.05) is 6.92 Å². The number of nitro benzene ring substituents is 1. The van der Waals surface area contributed by atoms with E-state index < -0.39 is 27.1 Å². The molecule has 0 aliphatic carbocycles. The monoisotopic (exact) mass is 474 g/mol. The number of carbonyl (C=O) groups excluding carboxylic acids is 1. The van der Waals surface area contributed by atoms with Crippen LogP contribution in [0.3, 0.4) is 0 Å². The van der Waals surface area contributed by atoms with Gasteiger partial charge in [0.1, 0.15) is 12.6 Å². The highest BCUT2D eigenvalue weighted by atomic mass is 32.2. The van der Waals surface area contributed by atoms with Gasteiger partial charge in [0.2, 0.25) is 0 Å². The van der Waals surface area contributed by atoms with Crippen molar-refractivity contribution in [1.29, 1.82) is 0 Å². The lowest BCUT2D eigenvalue weighted by molar-refractivity contribution is -0.384. The molecule has 1 atom stereocenters. The third-order valence-electron chi connectivity index (χ3n) is 4.67. The van der Waals surface area contributed by atoms with Gasteiger partial charge >= 0.3 is 5.97 Å². The average Bonchev–Trinajstić information content (AvgIpc) is 3.22. The first kappa shape index (κ1) is 24.0. The summed E-state index contributed by atoms with van der Waals surface area (Å²) >= 11 is 0. The van der Waals surface area contributed by atoms with Gasteiger partial charge in [0, 0.05) is 31.7 Å². The van der Waals surface area contributed by atoms with Crippen LogP contribution in [-0.4, -0.2) is 47.5 Å². The number of aromatic nitrogens is 3. The number of nitrogens with zero attached hydrogens (tertiary/aromatic N) is 4. The summed E-state index contributed by atoms with van der Waals surface area (Å²) in [6.45, 7) is 2.58. The van der Waals surface area contributed by atoms with Crippen molar-refractivity contribution in [1.82, 2.24) is 15.0 Å². The third-order valence-corrected chi connectivity index (χ3v) is 5.96. The van der Waals surface area contributed by atoms with E-state index in [0.717, 1.165) is 11.1 Å². The summed E-state index contributed by atoms with van der Waals surface area (Å²) in [6, 6.07) is 11.5. The van der Waals surface area contributed by atoms with Crippen molar-refractivity contribution < 1.29 is 27.1 Å². The lowest BCUT2D eigenvalue weighted by atomic mass is 10.1. The van der Waals surface area contributed by atoms with Crippen LogP contribution in [0.2, 0.25) is 0 Å². The van der Waals surface area contributed by atoms with Crippen molar-refractivity contribution in [2.75, 3.05) is 13.2 Å². The Morgan fingerprint density at radius 1 is 1.12 bits per heavy atom. The SMILES string of the molecule is CC(=O)OCC(COS(=O)(=O)c1ccc(C)cc1)n1cc(Cc2ccc([N+](=O)[O-])cc2)nn1. The molecule has 0 fully saturated rings. The normalized spacial score (nSPS) is 12.3. The molecule has 2 aromatic carbocycles. The lowest BCUT2D eigenvalue weighted by Gasteiger charge is -2.16. The Kier molecular flexibility index (Phi) is 7.51. The zero-order chi connectivity index (χ0) is 24.0. The van der Waals surface area contributed by atoms with Crippen molar-refractivity contribution >= 4 is 21.8 Å². The quantitative estimate of drug-likeness (QED) is 0.187. The van der Waals surface area contributed by atoms with Crippen LogP contribution in [0.5, 0.6) is 0 Å². The van der Waals surface area contributed by atoms with Gasteiger partial charge in [0.05, 0.1) is 22.1 Å². The largest absolute Gasteiger partial charge is 0.463 e. The average molecular weight is 474 g/mol. The number of esters is 1. The van der Waals surface area contributed by atoms with E-state index in [1.54, 1.807) is 30.5 Å². The zero-order valence-electron chi connectivity index (χ0n) is 17.9. The van der Waals surface area contributed by atoms with Gasteiger partial charge in [-0.25, -0.2) is 4.68 Å². The standard InChI is InChI=1S/C21H22N4O7S/c1-15-3-9-21(10-4-15)33(29,30)32-14-20(13-31-16(2)26)24-12-18(22-23-24)11-17-5-7-19(8-6-17)25(27)28/h3-10,12,20H,11,13-14H2,1-2H3. The molecule has 0 radical (unpaired) electrons. The Labute approximate surface area is 190 Å². The third kappa shape index (κ3) is 6.67. The molecule has 3 aromatic rings. The molecule has 0 N–H and O–H groups in total. The van der Waals surface area contributed by atoms with Crippen molar-refractivity contribution in [3.8, 4) is 0 Å². The fraction of sp³-hybridized carbons (Fsp3) is 0.286. The van der Waals surface area contributed by atoms with Gasteiger partial charge in [-0.2, -0.15) is 8.42 Å². The first-order chi connectivity index (χ1) is 15.6. The molecule has 0 bridgehead atoms. The van der Waals surface area contributed by atoms with Crippen LogP contribution in [0.25, 0.3) is 0 Å². The van der Waals surface area contributed by atoms with Gasteiger partial charge in [-0.05, 0) is 24.6 Å². The minimum atomic E-state index is -4.03. The molecule has 0 aliphatic heterocycles. The van der Waals surface area contributed by atoms with Gasteiger partial charge in [-0.15, -0.1) is 5.10 Å². The summed E-state index contributed by atoms with van der Waals surface area (Å²) in [4.78, 5) is 21.6. The van der Waals surface area contributed by atoms with Crippen molar-refractivity contribution in [2.45, 2.75) is 31.2 Å². The molecule has 0 amide bonds. The maximum atomic E-state index is 12.5. The van der Waals surface area contributed by atoms with Crippen LogP contribution in [-0.2, 0) is 30.3 Å². The summed E-state index contributed by atoms with van der Waals surface area (Å²) in [5, 5.41) is 18.9. The molecule has 1 aromatic heterocycles. The second kappa shape index (κ2) is 10.3. The first-order valence-corrected chi connectivity index (χ1v) is 11.3. The summed E-state index contributed by atoms with van der Waals surface area (Å²) in [5.41, 5.74) is 2.21. The number of ether oxygens (including phenoxy) is 1. The van der Waals surface area contributed by atoms with Gasteiger partial charge < -0.3 is 4.74 Å². The van der Waals surface area contributed by atoms with Crippen molar-refractivity contribution in [3.05, 3.63) is 81.7 Å². The number of benzene rings is 2. The molecular weight excluding hydrogens is 452 g/mol. The van der Waals surface area contributed by atoms with E-state index in [-0.39, 0.29) is 23.8 Å². The first-order valence-electron chi connectivity index (χ1n) is 9.87. The molecule has 12 heteroatoms. The molecule has 33 heavy (non-hydrogen) atoms. The molecule has 0 saturated heterocycles. The molecule has 3 rings (SSSR count). The van der Waals surface area contributed by atoms with E-state index >= 15 is 0 Å². The summed E-state index contributed by atoms with van der Waals surface area (Å²) in [7, 11) is -4.03. The maximum Gasteiger partial charge on any atom is 0.302 e. The Morgan fingerprint density at radius 3 is 2.39 bits per heavy atom. The van der Waals surface area contributed by atoms with E-state index in [1.165, 1.54) is 35.9 Å². The number of carbonyl (C=O) groups is 1. The topological polar surface area (TPSA) is 144 Å². The zero-order valence-corrected chi connectivity index (χ0v) is 18.8. The molecular formula is C21H22N4O7S. The number of hydrogen-bond acceptors (Lipinski definition) is 9. The summed E-state index contributed by atoms with van der Waals surface area (Å²) < 4.78 is 36.6. The molecule has 11 nitrogen and oxygen atoms in total. The molecule has 1 heterocycles. The van der Waals surface area contributed by atoms with E-state index in [4.69, 9.17) is 8.92 Å². The minimum Gasteiger partial charge on any atom is -0.463 e. The maximum absolute atomic E-state index is 12.5. The van der Waals surface area contributed by atoms with Gasteiger partial charge in [0.25, 0.3) is 15.8 Å². The number of nitro groups is 1. The summed E-state index contributed by atoms with van der Waals surface area (Å²) in [5.74, 6) is -0.535. The molecule has 0 saturated carbocycles. The highest BCUT2D eigenvalue weighted by molar-refractivity contribution is 7.86.